The van der Waals surface area contributed by atoms with E-state index in [1.54, 1.807) is 0 Å². The fraction of sp³-hybridized carbons (Fsp3) is 0.708. The Kier molecular flexibility index (Phi) is 9.27. The predicted molar refractivity (Wildman–Crippen MR) is 125 cm³/mol. The van der Waals surface area contributed by atoms with Gasteiger partial charge in [0.1, 0.15) is 5.75 Å². The summed E-state index contributed by atoms with van der Waals surface area (Å²) in [6.45, 7) is 10.3. The van der Waals surface area contributed by atoms with Crippen molar-refractivity contribution in [3.05, 3.63) is 30.3 Å². The minimum Gasteiger partial charge on any atom is -0.494 e. The van der Waals surface area contributed by atoms with Crippen LogP contribution in [0.3, 0.4) is 0 Å². The average Bonchev–Trinajstić information content (AvgIpc) is 2.80. The first kappa shape index (κ1) is 22.9. The van der Waals surface area contributed by atoms with Crippen molar-refractivity contribution in [1.29, 1.82) is 0 Å². The van der Waals surface area contributed by atoms with Crippen molar-refractivity contribution in [2.75, 3.05) is 59.5 Å². The molecular weight excluding hydrogens is 374 g/mol. The molecule has 0 aromatic heterocycles. The van der Waals surface area contributed by atoms with Crippen LogP contribution in [0.1, 0.15) is 45.4 Å². The minimum absolute atomic E-state index is 0.228. The molecule has 0 saturated carbocycles. The molecule has 2 aliphatic rings. The largest absolute Gasteiger partial charge is 0.494 e. The topological polar surface area (TPSA) is 52.1 Å². The molecule has 0 amide bonds. The third kappa shape index (κ3) is 6.88. The van der Waals surface area contributed by atoms with Gasteiger partial charge in [-0.25, -0.2) is 0 Å². The Hall–Kier alpha value is -1.79. The van der Waals surface area contributed by atoms with Gasteiger partial charge in [0.2, 0.25) is 0 Å². The second-order valence-corrected chi connectivity index (χ2v) is 8.71. The molecule has 168 valence electrons. The van der Waals surface area contributed by atoms with Crippen LogP contribution in [-0.2, 0) is 0 Å². The molecule has 6 heteroatoms. The minimum atomic E-state index is 0.228. The SMILES string of the molecule is CCNC(=NCC1(N2CCCCC2)CCN(C)CC1)NCCCOc1ccccc1. The Labute approximate surface area is 183 Å². The van der Waals surface area contributed by atoms with Gasteiger partial charge < -0.3 is 20.3 Å². The lowest BCUT2D eigenvalue weighted by atomic mass is 9.84. The molecule has 30 heavy (non-hydrogen) atoms. The van der Waals surface area contributed by atoms with Crippen molar-refractivity contribution >= 4 is 5.96 Å². The molecule has 0 spiro atoms. The fourth-order valence-electron chi connectivity index (χ4n) is 4.53. The van der Waals surface area contributed by atoms with Crippen LogP contribution in [0, 0.1) is 0 Å². The van der Waals surface area contributed by atoms with Crippen LogP contribution < -0.4 is 15.4 Å². The molecule has 2 aliphatic heterocycles. The first-order valence-corrected chi connectivity index (χ1v) is 11.9. The maximum atomic E-state index is 5.80. The number of piperidine rings is 2. The third-order valence-corrected chi connectivity index (χ3v) is 6.45. The highest BCUT2D eigenvalue weighted by atomic mass is 16.5. The summed E-state index contributed by atoms with van der Waals surface area (Å²) in [5, 5.41) is 6.93. The molecule has 3 rings (SSSR count). The van der Waals surface area contributed by atoms with E-state index in [1.165, 1.54) is 58.3 Å². The Morgan fingerprint density at radius 3 is 2.47 bits per heavy atom. The smallest absolute Gasteiger partial charge is 0.191 e. The summed E-state index contributed by atoms with van der Waals surface area (Å²) in [6, 6.07) is 10.0. The van der Waals surface area contributed by atoms with Crippen molar-refractivity contribution in [3.63, 3.8) is 0 Å². The summed E-state index contributed by atoms with van der Waals surface area (Å²) in [5.74, 6) is 1.87. The zero-order chi connectivity index (χ0) is 21.1. The Balaban J connectivity index is 1.51. The molecule has 6 nitrogen and oxygen atoms in total. The molecule has 0 aliphatic carbocycles. The highest BCUT2D eigenvalue weighted by Crippen LogP contribution is 2.31. The summed E-state index contributed by atoms with van der Waals surface area (Å²) in [4.78, 5) is 10.3. The quantitative estimate of drug-likeness (QED) is 0.369. The normalized spacial score (nSPS) is 20.7. The lowest BCUT2D eigenvalue weighted by Gasteiger charge is -2.49. The molecule has 1 aromatic carbocycles. The molecule has 1 aromatic rings. The van der Waals surface area contributed by atoms with Gasteiger partial charge in [-0.05, 0) is 84.4 Å². The van der Waals surface area contributed by atoms with Gasteiger partial charge >= 0.3 is 0 Å². The number of hydrogen-bond donors (Lipinski definition) is 2. The number of rotatable bonds is 9. The van der Waals surface area contributed by atoms with E-state index in [0.717, 1.165) is 37.8 Å². The number of nitrogens with one attached hydrogen (secondary N) is 2. The van der Waals surface area contributed by atoms with E-state index in [1.807, 2.05) is 30.3 Å². The van der Waals surface area contributed by atoms with Crippen molar-refractivity contribution in [3.8, 4) is 5.75 Å². The van der Waals surface area contributed by atoms with E-state index < -0.39 is 0 Å². The number of hydrogen-bond acceptors (Lipinski definition) is 4. The third-order valence-electron chi connectivity index (χ3n) is 6.45. The van der Waals surface area contributed by atoms with E-state index in [9.17, 15) is 0 Å². The standard InChI is InChI=1S/C24H41N5O/c1-3-25-23(26-15-10-20-30-22-11-6-4-7-12-22)27-21-24(13-18-28(2)19-14-24)29-16-8-5-9-17-29/h4,6-7,11-12H,3,5,8-10,13-21H2,1-2H3,(H2,25,26,27). The van der Waals surface area contributed by atoms with Crippen LogP contribution in [0.2, 0.25) is 0 Å². The van der Waals surface area contributed by atoms with Gasteiger partial charge in [0.05, 0.1) is 13.2 Å². The van der Waals surface area contributed by atoms with Gasteiger partial charge in [-0.1, -0.05) is 24.6 Å². The summed E-state index contributed by atoms with van der Waals surface area (Å²) in [5.41, 5.74) is 0.228. The molecule has 0 bridgehead atoms. The number of guanidine groups is 1. The van der Waals surface area contributed by atoms with Gasteiger partial charge in [-0.2, -0.15) is 0 Å². The van der Waals surface area contributed by atoms with Gasteiger partial charge in [-0.3, -0.25) is 9.89 Å². The highest BCUT2D eigenvalue weighted by molar-refractivity contribution is 5.79. The van der Waals surface area contributed by atoms with Crippen molar-refractivity contribution in [2.45, 2.75) is 51.0 Å². The number of aliphatic imine (C=N–C) groups is 1. The van der Waals surface area contributed by atoms with Gasteiger partial charge in [-0.15, -0.1) is 0 Å². The first-order chi connectivity index (χ1) is 14.7. The van der Waals surface area contributed by atoms with Crippen LogP contribution in [0.25, 0.3) is 0 Å². The van der Waals surface area contributed by atoms with E-state index in [4.69, 9.17) is 9.73 Å². The number of para-hydroxylation sites is 1. The van der Waals surface area contributed by atoms with E-state index >= 15 is 0 Å². The van der Waals surface area contributed by atoms with E-state index in [0.29, 0.717) is 6.61 Å². The maximum Gasteiger partial charge on any atom is 0.191 e. The Bertz CT molecular complexity index is 622. The molecule has 0 radical (unpaired) electrons. The predicted octanol–water partition coefficient (Wildman–Crippen LogP) is 2.96. The maximum absolute atomic E-state index is 5.80. The van der Waals surface area contributed by atoms with Crippen LogP contribution in [-0.4, -0.2) is 80.8 Å². The Morgan fingerprint density at radius 2 is 1.77 bits per heavy atom. The van der Waals surface area contributed by atoms with Crippen molar-refractivity contribution in [1.82, 2.24) is 20.4 Å². The number of benzene rings is 1. The van der Waals surface area contributed by atoms with Crippen LogP contribution in [0.4, 0.5) is 0 Å². The number of likely N-dealkylation sites (tertiary alicyclic amines) is 2. The lowest BCUT2D eigenvalue weighted by Crippen LogP contribution is -2.58. The molecule has 2 fully saturated rings. The summed E-state index contributed by atoms with van der Waals surface area (Å²) >= 11 is 0. The van der Waals surface area contributed by atoms with E-state index in [-0.39, 0.29) is 5.54 Å². The second-order valence-electron chi connectivity index (χ2n) is 8.71. The molecule has 2 saturated heterocycles. The van der Waals surface area contributed by atoms with Gasteiger partial charge in [0.25, 0.3) is 0 Å². The number of ether oxygens (including phenoxy) is 1. The van der Waals surface area contributed by atoms with E-state index in [2.05, 4.69) is 34.4 Å². The van der Waals surface area contributed by atoms with Crippen LogP contribution >= 0.6 is 0 Å². The van der Waals surface area contributed by atoms with Crippen LogP contribution in [0.15, 0.2) is 35.3 Å². The van der Waals surface area contributed by atoms with Gasteiger partial charge in [0.15, 0.2) is 5.96 Å². The Morgan fingerprint density at radius 1 is 1.03 bits per heavy atom. The van der Waals surface area contributed by atoms with Crippen molar-refractivity contribution in [2.24, 2.45) is 4.99 Å². The monoisotopic (exact) mass is 415 g/mol. The van der Waals surface area contributed by atoms with Crippen LogP contribution in [0.5, 0.6) is 5.75 Å². The summed E-state index contributed by atoms with van der Waals surface area (Å²) in [7, 11) is 2.24. The first-order valence-electron chi connectivity index (χ1n) is 11.9. The second kappa shape index (κ2) is 12.2. The zero-order valence-electron chi connectivity index (χ0n) is 19.0. The molecular formula is C24H41N5O. The molecule has 0 atom stereocenters. The van der Waals surface area contributed by atoms with Gasteiger partial charge in [0, 0.05) is 18.6 Å². The van der Waals surface area contributed by atoms with Crippen molar-refractivity contribution < 1.29 is 4.74 Å². The molecule has 2 heterocycles. The lowest BCUT2D eigenvalue weighted by molar-refractivity contribution is 0.0208. The fourth-order valence-corrected chi connectivity index (χ4v) is 4.53. The molecule has 0 unspecified atom stereocenters. The summed E-state index contributed by atoms with van der Waals surface area (Å²) < 4.78 is 5.80. The zero-order valence-corrected chi connectivity index (χ0v) is 19.0. The summed E-state index contributed by atoms with van der Waals surface area (Å²) in [6.07, 6.45) is 7.43. The molecule has 2 N–H and O–H groups in total. The average molecular weight is 416 g/mol. The number of nitrogens with zero attached hydrogens (tertiary/aromatic N) is 3. The highest BCUT2D eigenvalue weighted by Gasteiger charge is 2.39.